The van der Waals surface area contributed by atoms with Gasteiger partial charge in [-0.3, -0.25) is 4.99 Å². The van der Waals surface area contributed by atoms with E-state index in [-0.39, 0.29) is 30.1 Å². The third-order valence-electron chi connectivity index (χ3n) is 4.37. The van der Waals surface area contributed by atoms with Crippen molar-refractivity contribution < 1.29 is 14.2 Å². The number of fused-ring (bicyclic) bond motifs is 1. The number of halogens is 1. The molecule has 0 amide bonds. The Morgan fingerprint density at radius 3 is 2.78 bits per heavy atom. The smallest absolute Gasteiger partial charge is 0.191 e. The fourth-order valence-electron chi connectivity index (χ4n) is 3.06. The van der Waals surface area contributed by atoms with Gasteiger partial charge in [0.15, 0.2) is 5.96 Å². The van der Waals surface area contributed by atoms with Gasteiger partial charge in [-0.1, -0.05) is 0 Å². The maximum Gasteiger partial charge on any atom is 0.191 e. The fraction of sp³-hybridized carbons (Fsp3) is 0.650. The Morgan fingerprint density at radius 1 is 1.26 bits per heavy atom. The first-order valence-corrected chi connectivity index (χ1v) is 9.56. The molecule has 6 nitrogen and oxygen atoms in total. The molecular weight excluding hydrogens is 457 g/mol. The van der Waals surface area contributed by atoms with Gasteiger partial charge >= 0.3 is 0 Å². The number of methoxy groups -OCH3 is 1. The molecule has 0 aliphatic carbocycles. The molecule has 2 rings (SSSR count). The van der Waals surface area contributed by atoms with Crippen molar-refractivity contribution in [2.75, 3.05) is 33.9 Å². The van der Waals surface area contributed by atoms with Crippen LogP contribution in [0.25, 0.3) is 0 Å². The van der Waals surface area contributed by atoms with Crippen molar-refractivity contribution in [1.29, 1.82) is 0 Å². The topological polar surface area (TPSA) is 64.1 Å². The van der Waals surface area contributed by atoms with E-state index in [1.165, 1.54) is 5.56 Å². The average molecular weight is 491 g/mol. The zero-order valence-electron chi connectivity index (χ0n) is 17.0. The molecule has 0 aromatic heterocycles. The number of rotatable bonds is 10. The van der Waals surface area contributed by atoms with E-state index >= 15 is 0 Å². The second-order valence-corrected chi connectivity index (χ2v) is 6.54. The van der Waals surface area contributed by atoms with Crippen molar-refractivity contribution >= 4 is 29.9 Å². The van der Waals surface area contributed by atoms with Crippen LogP contribution in [0.4, 0.5) is 0 Å². The molecule has 0 saturated heterocycles. The first-order chi connectivity index (χ1) is 12.7. The van der Waals surface area contributed by atoms with Crippen LogP contribution in [0, 0.1) is 0 Å². The molecule has 1 aliphatic rings. The highest BCUT2D eigenvalue weighted by Gasteiger charge is 2.21. The lowest BCUT2D eigenvalue weighted by molar-refractivity contribution is 0.192. The molecule has 1 unspecified atom stereocenters. The zero-order chi connectivity index (χ0) is 18.8. The van der Waals surface area contributed by atoms with Crippen LogP contribution in [-0.2, 0) is 17.7 Å². The highest BCUT2D eigenvalue weighted by Crippen LogP contribution is 2.35. The summed E-state index contributed by atoms with van der Waals surface area (Å²) in [5.74, 6) is 2.69. The minimum atomic E-state index is 0. The monoisotopic (exact) mass is 491 g/mol. The van der Waals surface area contributed by atoms with Gasteiger partial charge in [0.05, 0.1) is 6.61 Å². The number of nitrogens with one attached hydrogen (secondary N) is 2. The summed E-state index contributed by atoms with van der Waals surface area (Å²) in [6.45, 7) is 7.11. The Bertz CT molecular complexity index is 596. The normalized spacial score (nSPS) is 15.6. The van der Waals surface area contributed by atoms with Gasteiger partial charge in [0.2, 0.25) is 0 Å². The van der Waals surface area contributed by atoms with Crippen molar-refractivity contribution in [3.8, 4) is 11.5 Å². The summed E-state index contributed by atoms with van der Waals surface area (Å²) < 4.78 is 16.8. The van der Waals surface area contributed by atoms with Crippen molar-refractivity contribution in [3.05, 3.63) is 23.3 Å². The number of unbranched alkanes of at least 4 members (excludes halogenated alkanes) is 2. The molecule has 1 atom stereocenters. The summed E-state index contributed by atoms with van der Waals surface area (Å²) in [6, 6.07) is 4.21. The molecule has 1 aliphatic heterocycles. The number of hydrogen-bond acceptors (Lipinski definition) is 4. The molecule has 1 heterocycles. The summed E-state index contributed by atoms with van der Waals surface area (Å²) in [7, 11) is 3.53. The van der Waals surface area contributed by atoms with Crippen LogP contribution >= 0.6 is 24.0 Å². The fourth-order valence-corrected chi connectivity index (χ4v) is 3.06. The minimum Gasteiger partial charge on any atom is -0.494 e. The van der Waals surface area contributed by atoms with E-state index in [1.807, 2.05) is 6.92 Å². The van der Waals surface area contributed by atoms with Gasteiger partial charge in [0, 0.05) is 51.4 Å². The van der Waals surface area contributed by atoms with Crippen LogP contribution in [0.2, 0.25) is 0 Å². The molecule has 0 radical (unpaired) electrons. The van der Waals surface area contributed by atoms with E-state index in [0.717, 1.165) is 61.9 Å². The Balaban J connectivity index is 0.00000364. The van der Waals surface area contributed by atoms with Gasteiger partial charge < -0.3 is 24.8 Å². The predicted octanol–water partition coefficient (Wildman–Crippen LogP) is 3.51. The lowest BCUT2D eigenvalue weighted by Crippen LogP contribution is -2.37. The first kappa shape index (κ1) is 23.8. The van der Waals surface area contributed by atoms with E-state index in [1.54, 1.807) is 14.2 Å². The van der Waals surface area contributed by atoms with Crippen molar-refractivity contribution in [1.82, 2.24) is 10.6 Å². The molecule has 0 fully saturated rings. The Morgan fingerprint density at radius 2 is 2.07 bits per heavy atom. The largest absolute Gasteiger partial charge is 0.494 e. The quantitative estimate of drug-likeness (QED) is 0.227. The molecule has 7 heteroatoms. The summed E-state index contributed by atoms with van der Waals surface area (Å²) >= 11 is 0. The zero-order valence-corrected chi connectivity index (χ0v) is 19.3. The van der Waals surface area contributed by atoms with E-state index < -0.39 is 0 Å². The summed E-state index contributed by atoms with van der Waals surface area (Å²) in [5, 5.41) is 6.72. The molecule has 0 saturated carbocycles. The standard InChI is InChI=1S/C20H33N3O3.HI/c1-5-25-18-12-16-11-15(2)26-19(16)13-17(18)14-23-20(21-3)22-9-7-6-8-10-24-4;/h12-13,15H,5-11,14H2,1-4H3,(H2,21,22,23);1H. The lowest BCUT2D eigenvalue weighted by atomic mass is 10.1. The second kappa shape index (κ2) is 13.0. The van der Waals surface area contributed by atoms with Gasteiger partial charge in [-0.05, 0) is 45.2 Å². The maximum atomic E-state index is 5.89. The van der Waals surface area contributed by atoms with Gasteiger partial charge in [-0.15, -0.1) is 24.0 Å². The molecule has 1 aromatic carbocycles. The van der Waals surface area contributed by atoms with Crippen molar-refractivity contribution in [2.24, 2.45) is 4.99 Å². The summed E-state index contributed by atoms with van der Waals surface area (Å²) in [5.41, 5.74) is 2.31. The number of nitrogens with zero attached hydrogens (tertiary/aromatic N) is 1. The number of ether oxygens (including phenoxy) is 3. The first-order valence-electron chi connectivity index (χ1n) is 9.56. The van der Waals surface area contributed by atoms with Crippen LogP contribution in [-0.4, -0.2) is 46.0 Å². The average Bonchev–Trinajstić information content (AvgIpc) is 2.99. The van der Waals surface area contributed by atoms with E-state index in [2.05, 4.69) is 34.7 Å². The van der Waals surface area contributed by atoms with E-state index in [4.69, 9.17) is 14.2 Å². The Kier molecular flexibility index (Phi) is 11.5. The van der Waals surface area contributed by atoms with Crippen LogP contribution in [0.5, 0.6) is 11.5 Å². The van der Waals surface area contributed by atoms with Gasteiger partial charge in [-0.2, -0.15) is 0 Å². The Hall–Kier alpha value is -1.22. The summed E-state index contributed by atoms with van der Waals surface area (Å²) in [4.78, 5) is 4.29. The summed E-state index contributed by atoms with van der Waals surface area (Å²) in [6.07, 6.45) is 4.51. The molecular formula is C20H34IN3O3. The minimum absolute atomic E-state index is 0. The van der Waals surface area contributed by atoms with Crippen LogP contribution < -0.4 is 20.1 Å². The number of benzene rings is 1. The predicted molar refractivity (Wildman–Crippen MR) is 121 cm³/mol. The van der Waals surface area contributed by atoms with Crippen molar-refractivity contribution in [2.45, 2.75) is 52.2 Å². The van der Waals surface area contributed by atoms with Crippen LogP contribution in [0.1, 0.15) is 44.2 Å². The molecule has 0 bridgehead atoms. The lowest BCUT2D eigenvalue weighted by Gasteiger charge is -2.15. The number of hydrogen-bond donors (Lipinski definition) is 2. The third kappa shape index (κ3) is 7.73. The highest BCUT2D eigenvalue weighted by molar-refractivity contribution is 14.0. The highest BCUT2D eigenvalue weighted by atomic mass is 127. The molecule has 2 N–H and O–H groups in total. The SMILES string of the molecule is CCOc1cc2c(cc1CNC(=NC)NCCCCCOC)OC(C)C2.I. The van der Waals surface area contributed by atoms with E-state index in [9.17, 15) is 0 Å². The number of guanidine groups is 1. The van der Waals surface area contributed by atoms with E-state index in [0.29, 0.717) is 13.2 Å². The molecule has 1 aromatic rings. The molecule has 0 spiro atoms. The van der Waals surface area contributed by atoms with Gasteiger partial charge in [0.25, 0.3) is 0 Å². The van der Waals surface area contributed by atoms with Crippen LogP contribution in [0.3, 0.4) is 0 Å². The van der Waals surface area contributed by atoms with Gasteiger partial charge in [0.1, 0.15) is 17.6 Å². The Labute approximate surface area is 180 Å². The molecule has 154 valence electrons. The maximum absolute atomic E-state index is 5.89. The number of aliphatic imine (C=N–C) groups is 1. The molecule has 27 heavy (non-hydrogen) atoms. The van der Waals surface area contributed by atoms with Crippen molar-refractivity contribution in [3.63, 3.8) is 0 Å². The van der Waals surface area contributed by atoms with Gasteiger partial charge in [-0.25, -0.2) is 0 Å². The second-order valence-electron chi connectivity index (χ2n) is 6.54. The van der Waals surface area contributed by atoms with Crippen LogP contribution in [0.15, 0.2) is 17.1 Å². The third-order valence-corrected chi connectivity index (χ3v) is 4.37.